The summed E-state index contributed by atoms with van der Waals surface area (Å²) in [4.78, 5) is 10.1. The molecule has 0 spiro atoms. The second-order valence-electron chi connectivity index (χ2n) is 4.50. The number of nitro groups is 1. The molecule has 0 bridgehead atoms. The largest absolute Gasteiger partial charge is 0.483 e. The van der Waals surface area contributed by atoms with Gasteiger partial charge in [-0.3, -0.25) is 10.1 Å². The number of nitrogens with two attached hydrogens (primary N) is 1. The molecule has 0 unspecified atom stereocenters. The molecule has 0 aromatic heterocycles. The molecule has 2 rings (SSSR count). The average molecular weight is 254 g/mol. The van der Waals surface area contributed by atoms with Crippen LogP contribution in [0.4, 0.5) is 10.1 Å². The van der Waals surface area contributed by atoms with E-state index in [-0.39, 0.29) is 17.9 Å². The fraction of sp³-hybridized carbons (Fsp3) is 0.500. The van der Waals surface area contributed by atoms with Gasteiger partial charge in [-0.05, 0) is 37.8 Å². The van der Waals surface area contributed by atoms with E-state index < -0.39 is 16.4 Å². The van der Waals surface area contributed by atoms with Gasteiger partial charge in [-0.15, -0.1) is 0 Å². The Balaban J connectivity index is 2.14. The third-order valence-electron chi connectivity index (χ3n) is 3.14. The summed E-state index contributed by atoms with van der Waals surface area (Å²) >= 11 is 0. The number of hydrogen-bond donors (Lipinski definition) is 1. The van der Waals surface area contributed by atoms with Crippen molar-refractivity contribution in [1.29, 1.82) is 0 Å². The van der Waals surface area contributed by atoms with Gasteiger partial charge in [0.05, 0.1) is 11.0 Å². The molecule has 0 heterocycles. The molecular weight excluding hydrogens is 239 g/mol. The van der Waals surface area contributed by atoms with Gasteiger partial charge in [0.2, 0.25) is 11.6 Å². The van der Waals surface area contributed by atoms with Crippen LogP contribution in [0, 0.1) is 15.9 Å². The SMILES string of the molecule is NC1CCC(Oc2cccc(F)c2[N+](=O)[O-])CC1. The number of nitrogens with zero attached hydrogens (tertiary/aromatic N) is 1. The minimum absolute atomic E-state index is 0.000437. The van der Waals surface area contributed by atoms with Gasteiger partial charge in [0.15, 0.2) is 0 Å². The van der Waals surface area contributed by atoms with Crippen LogP contribution < -0.4 is 10.5 Å². The second-order valence-corrected chi connectivity index (χ2v) is 4.50. The zero-order valence-electron chi connectivity index (χ0n) is 9.84. The van der Waals surface area contributed by atoms with Gasteiger partial charge in [0.1, 0.15) is 0 Å². The van der Waals surface area contributed by atoms with Gasteiger partial charge < -0.3 is 10.5 Å². The highest BCUT2D eigenvalue weighted by Gasteiger charge is 2.26. The van der Waals surface area contributed by atoms with Crippen molar-refractivity contribution in [1.82, 2.24) is 0 Å². The van der Waals surface area contributed by atoms with Crippen LogP contribution in [0.15, 0.2) is 18.2 Å². The number of hydrogen-bond acceptors (Lipinski definition) is 4. The molecule has 6 heteroatoms. The van der Waals surface area contributed by atoms with Gasteiger partial charge in [-0.1, -0.05) is 6.07 Å². The van der Waals surface area contributed by atoms with Crippen molar-refractivity contribution < 1.29 is 14.1 Å². The Morgan fingerprint density at radius 1 is 1.33 bits per heavy atom. The van der Waals surface area contributed by atoms with E-state index in [1.54, 1.807) is 0 Å². The van der Waals surface area contributed by atoms with Crippen LogP contribution in [-0.2, 0) is 0 Å². The predicted octanol–water partition coefficient (Wildman–Crippen LogP) is 2.38. The summed E-state index contributed by atoms with van der Waals surface area (Å²) in [6, 6.07) is 4.07. The zero-order chi connectivity index (χ0) is 13.1. The first kappa shape index (κ1) is 12.8. The molecule has 18 heavy (non-hydrogen) atoms. The Kier molecular flexibility index (Phi) is 3.76. The first-order valence-corrected chi connectivity index (χ1v) is 5.93. The van der Waals surface area contributed by atoms with Crippen LogP contribution in [-0.4, -0.2) is 17.1 Å². The van der Waals surface area contributed by atoms with Crippen LogP contribution >= 0.6 is 0 Å². The van der Waals surface area contributed by atoms with Crippen molar-refractivity contribution >= 4 is 5.69 Å². The van der Waals surface area contributed by atoms with Crippen molar-refractivity contribution in [2.75, 3.05) is 0 Å². The molecule has 0 atom stereocenters. The lowest BCUT2D eigenvalue weighted by Crippen LogP contribution is -2.31. The fourth-order valence-electron chi connectivity index (χ4n) is 2.15. The Morgan fingerprint density at radius 2 is 2.00 bits per heavy atom. The Hall–Kier alpha value is -1.69. The molecular formula is C12H15FN2O3. The normalized spacial score (nSPS) is 23.7. The summed E-state index contributed by atoms with van der Waals surface area (Å²) in [5.74, 6) is -0.870. The molecule has 1 aliphatic rings. The monoisotopic (exact) mass is 254 g/mol. The Morgan fingerprint density at radius 3 is 2.61 bits per heavy atom. The lowest BCUT2D eigenvalue weighted by Gasteiger charge is -2.26. The molecule has 0 aliphatic heterocycles. The van der Waals surface area contributed by atoms with E-state index >= 15 is 0 Å². The van der Waals surface area contributed by atoms with E-state index in [0.29, 0.717) is 0 Å². The summed E-state index contributed by atoms with van der Waals surface area (Å²) in [5, 5.41) is 10.8. The number of benzene rings is 1. The van der Waals surface area contributed by atoms with E-state index in [4.69, 9.17) is 10.5 Å². The standard InChI is InChI=1S/C12H15FN2O3/c13-10-2-1-3-11(12(10)15(16)17)18-9-6-4-8(14)5-7-9/h1-3,8-9H,4-7,14H2. The number of rotatable bonds is 3. The van der Waals surface area contributed by atoms with E-state index in [9.17, 15) is 14.5 Å². The molecule has 98 valence electrons. The molecule has 1 aromatic rings. The lowest BCUT2D eigenvalue weighted by molar-refractivity contribution is -0.388. The van der Waals surface area contributed by atoms with E-state index in [1.807, 2.05) is 0 Å². The molecule has 1 saturated carbocycles. The molecule has 1 aromatic carbocycles. The third kappa shape index (κ3) is 2.76. The van der Waals surface area contributed by atoms with Gasteiger partial charge >= 0.3 is 5.69 Å². The Bertz CT molecular complexity index is 445. The number of halogens is 1. The molecule has 5 nitrogen and oxygen atoms in total. The summed E-state index contributed by atoms with van der Waals surface area (Å²) in [6.07, 6.45) is 3.02. The number of ether oxygens (including phenoxy) is 1. The van der Waals surface area contributed by atoms with Gasteiger partial charge in [0.25, 0.3) is 0 Å². The lowest BCUT2D eigenvalue weighted by atomic mass is 9.94. The van der Waals surface area contributed by atoms with Crippen molar-refractivity contribution in [3.05, 3.63) is 34.1 Å². The quantitative estimate of drug-likeness (QED) is 0.663. The van der Waals surface area contributed by atoms with E-state index in [1.165, 1.54) is 12.1 Å². The Labute approximate surface area is 104 Å². The van der Waals surface area contributed by atoms with Crippen molar-refractivity contribution in [3.63, 3.8) is 0 Å². The topological polar surface area (TPSA) is 78.4 Å². The van der Waals surface area contributed by atoms with E-state index in [2.05, 4.69) is 0 Å². The minimum Gasteiger partial charge on any atom is -0.483 e. The minimum atomic E-state index is -0.870. The smallest absolute Gasteiger partial charge is 0.346 e. The first-order valence-electron chi connectivity index (χ1n) is 5.93. The van der Waals surface area contributed by atoms with Crippen molar-refractivity contribution in [2.45, 2.75) is 37.8 Å². The van der Waals surface area contributed by atoms with Crippen molar-refractivity contribution in [2.24, 2.45) is 5.73 Å². The maximum atomic E-state index is 13.4. The third-order valence-corrected chi connectivity index (χ3v) is 3.14. The summed E-state index contributed by atoms with van der Waals surface area (Å²) in [6.45, 7) is 0. The van der Waals surface area contributed by atoms with Gasteiger partial charge in [-0.2, -0.15) is 4.39 Å². The van der Waals surface area contributed by atoms with Gasteiger partial charge in [0, 0.05) is 6.04 Å². The molecule has 2 N–H and O–H groups in total. The second kappa shape index (κ2) is 5.30. The first-order chi connectivity index (χ1) is 8.58. The molecule has 1 aliphatic carbocycles. The summed E-state index contributed by atoms with van der Waals surface area (Å²) in [5.41, 5.74) is 5.18. The maximum absolute atomic E-state index is 13.4. The molecule has 0 radical (unpaired) electrons. The molecule has 0 saturated heterocycles. The number of nitro benzene ring substituents is 1. The molecule has 1 fully saturated rings. The van der Waals surface area contributed by atoms with Crippen LogP contribution in [0.25, 0.3) is 0 Å². The highest BCUT2D eigenvalue weighted by molar-refractivity contribution is 5.47. The van der Waals surface area contributed by atoms with E-state index in [0.717, 1.165) is 31.7 Å². The van der Waals surface area contributed by atoms with Crippen LogP contribution in [0.5, 0.6) is 5.75 Å². The van der Waals surface area contributed by atoms with Crippen molar-refractivity contribution in [3.8, 4) is 5.75 Å². The van der Waals surface area contributed by atoms with Crippen LogP contribution in [0.1, 0.15) is 25.7 Å². The summed E-state index contributed by atoms with van der Waals surface area (Å²) in [7, 11) is 0. The summed E-state index contributed by atoms with van der Waals surface area (Å²) < 4.78 is 18.9. The highest BCUT2D eigenvalue weighted by Crippen LogP contribution is 2.32. The number of para-hydroxylation sites is 1. The zero-order valence-corrected chi connectivity index (χ0v) is 9.84. The fourth-order valence-corrected chi connectivity index (χ4v) is 2.15. The predicted molar refractivity (Wildman–Crippen MR) is 63.9 cm³/mol. The molecule has 0 amide bonds. The maximum Gasteiger partial charge on any atom is 0.346 e. The van der Waals surface area contributed by atoms with Gasteiger partial charge in [-0.25, -0.2) is 0 Å². The van der Waals surface area contributed by atoms with Crippen LogP contribution in [0.3, 0.4) is 0 Å². The van der Waals surface area contributed by atoms with Crippen LogP contribution in [0.2, 0.25) is 0 Å². The average Bonchev–Trinajstić information content (AvgIpc) is 2.32. The highest BCUT2D eigenvalue weighted by atomic mass is 19.1.